The van der Waals surface area contributed by atoms with Crippen LogP contribution in [-0.4, -0.2) is 15.6 Å². The van der Waals surface area contributed by atoms with Crippen molar-refractivity contribution >= 4 is 28.5 Å². The Labute approximate surface area is 107 Å². The Morgan fingerprint density at radius 3 is 2.72 bits per heavy atom. The Morgan fingerprint density at radius 1 is 1.39 bits per heavy atom. The summed E-state index contributed by atoms with van der Waals surface area (Å²) in [5, 5.41) is 9.92. The molecule has 1 N–H and O–H groups in total. The van der Waals surface area contributed by atoms with Gasteiger partial charge in [0.25, 0.3) is 0 Å². The highest BCUT2D eigenvalue weighted by molar-refractivity contribution is 6.35. The number of fused-ring (bicyclic) bond motifs is 1. The van der Waals surface area contributed by atoms with E-state index in [0.29, 0.717) is 15.9 Å². The smallest absolute Gasteiger partial charge is 0.341 e. The molecule has 0 unspecified atom stereocenters. The second-order valence-electron chi connectivity index (χ2n) is 4.45. The zero-order chi connectivity index (χ0) is 12.9. The molecule has 1 aliphatic carbocycles. The van der Waals surface area contributed by atoms with Crippen LogP contribution < -0.4 is 5.43 Å². The van der Waals surface area contributed by atoms with Crippen molar-refractivity contribution in [1.82, 2.24) is 4.57 Å². The van der Waals surface area contributed by atoms with Crippen LogP contribution in [0.2, 0.25) is 5.02 Å². The van der Waals surface area contributed by atoms with Gasteiger partial charge >= 0.3 is 5.97 Å². The first-order valence-electron chi connectivity index (χ1n) is 5.66. The molecule has 1 aliphatic rings. The third-order valence-electron chi connectivity index (χ3n) is 3.17. The minimum absolute atomic E-state index is 0.198. The van der Waals surface area contributed by atoms with Crippen molar-refractivity contribution in [3.05, 3.63) is 45.2 Å². The summed E-state index contributed by atoms with van der Waals surface area (Å²) in [6, 6.07) is 5.25. The van der Waals surface area contributed by atoms with E-state index < -0.39 is 11.4 Å². The van der Waals surface area contributed by atoms with Crippen molar-refractivity contribution in [2.24, 2.45) is 0 Å². The van der Waals surface area contributed by atoms with Gasteiger partial charge in [0.2, 0.25) is 5.43 Å². The minimum Gasteiger partial charge on any atom is -0.477 e. The predicted octanol–water partition coefficient (Wildman–Crippen LogP) is 2.69. The highest BCUT2D eigenvalue weighted by atomic mass is 35.5. The minimum atomic E-state index is -1.20. The Kier molecular flexibility index (Phi) is 2.41. The Balaban J connectivity index is 2.47. The standard InChI is InChI=1S/C13H10ClNO3/c14-10-3-1-2-8-11(10)15(7-4-5-7)6-9(12(8)16)13(17)18/h1-3,6-7H,4-5H2,(H,17,18). The molecule has 0 aliphatic heterocycles. The number of aromatic nitrogens is 1. The molecule has 0 bridgehead atoms. The van der Waals surface area contributed by atoms with Crippen LogP contribution in [0.25, 0.3) is 10.9 Å². The van der Waals surface area contributed by atoms with Crippen LogP contribution in [0.3, 0.4) is 0 Å². The van der Waals surface area contributed by atoms with Crippen LogP contribution in [0.5, 0.6) is 0 Å². The quantitative estimate of drug-likeness (QED) is 0.906. The van der Waals surface area contributed by atoms with Crippen LogP contribution in [0.4, 0.5) is 0 Å². The van der Waals surface area contributed by atoms with Gasteiger partial charge in [-0.3, -0.25) is 4.79 Å². The number of nitrogens with zero attached hydrogens (tertiary/aromatic N) is 1. The largest absolute Gasteiger partial charge is 0.477 e. The van der Waals surface area contributed by atoms with Gasteiger partial charge in [0.15, 0.2) is 0 Å². The Morgan fingerprint density at radius 2 is 2.11 bits per heavy atom. The predicted molar refractivity (Wildman–Crippen MR) is 68.4 cm³/mol. The summed E-state index contributed by atoms with van der Waals surface area (Å²) in [5.74, 6) is -1.20. The summed E-state index contributed by atoms with van der Waals surface area (Å²) in [5.41, 5.74) is -0.0368. The average Bonchev–Trinajstić information content (AvgIpc) is 3.14. The lowest BCUT2D eigenvalue weighted by molar-refractivity contribution is 0.0695. The highest BCUT2D eigenvalue weighted by Gasteiger charge is 2.27. The molecular formula is C13H10ClNO3. The van der Waals surface area contributed by atoms with E-state index in [0.717, 1.165) is 12.8 Å². The summed E-state index contributed by atoms with van der Waals surface area (Å²) < 4.78 is 1.82. The Hall–Kier alpha value is -1.81. The van der Waals surface area contributed by atoms with E-state index in [9.17, 15) is 9.59 Å². The summed E-state index contributed by atoms with van der Waals surface area (Å²) in [7, 11) is 0. The summed E-state index contributed by atoms with van der Waals surface area (Å²) in [6.45, 7) is 0. The maximum absolute atomic E-state index is 12.1. The molecule has 3 rings (SSSR count). The van der Waals surface area contributed by atoms with Crippen LogP contribution in [0.1, 0.15) is 29.2 Å². The molecule has 1 saturated carbocycles. The van der Waals surface area contributed by atoms with Crippen LogP contribution in [-0.2, 0) is 0 Å². The van der Waals surface area contributed by atoms with Gasteiger partial charge in [-0.15, -0.1) is 0 Å². The molecule has 1 aromatic heterocycles. The van der Waals surface area contributed by atoms with Gasteiger partial charge in [0.05, 0.1) is 10.5 Å². The fourth-order valence-corrected chi connectivity index (χ4v) is 2.43. The van der Waals surface area contributed by atoms with Gasteiger partial charge in [-0.25, -0.2) is 4.79 Å². The zero-order valence-corrected chi connectivity index (χ0v) is 10.1. The van der Waals surface area contributed by atoms with Gasteiger partial charge in [0.1, 0.15) is 5.56 Å². The maximum Gasteiger partial charge on any atom is 0.341 e. The number of aromatic carboxylic acids is 1. The third-order valence-corrected chi connectivity index (χ3v) is 3.48. The average molecular weight is 264 g/mol. The van der Waals surface area contributed by atoms with Gasteiger partial charge in [0, 0.05) is 17.6 Å². The number of benzene rings is 1. The van der Waals surface area contributed by atoms with E-state index in [1.54, 1.807) is 18.2 Å². The molecule has 0 amide bonds. The fraction of sp³-hybridized carbons (Fsp3) is 0.231. The van der Waals surface area contributed by atoms with Crippen molar-refractivity contribution in [3.8, 4) is 0 Å². The first kappa shape index (κ1) is 11.3. The Bertz CT molecular complexity index is 716. The lowest BCUT2D eigenvalue weighted by Crippen LogP contribution is -2.18. The van der Waals surface area contributed by atoms with Crippen molar-refractivity contribution in [3.63, 3.8) is 0 Å². The second-order valence-corrected chi connectivity index (χ2v) is 4.86. The normalized spacial score (nSPS) is 14.9. The zero-order valence-electron chi connectivity index (χ0n) is 9.39. The number of hydrogen-bond acceptors (Lipinski definition) is 2. The molecule has 2 aromatic rings. The molecule has 18 heavy (non-hydrogen) atoms. The summed E-state index contributed by atoms with van der Waals surface area (Å²) >= 11 is 6.13. The first-order valence-corrected chi connectivity index (χ1v) is 6.04. The molecule has 1 fully saturated rings. The first-order chi connectivity index (χ1) is 8.59. The van der Waals surface area contributed by atoms with E-state index in [2.05, 4.69) is 0 Å². The molecular weight excluding hydrogens is 254 g/mol. The van der Waals surface area contributed by atoms with Crippen LogP contribution in [0.15, 0.2) is 29.2 Å². The molecule has 0 atom stereocenters. The molecule has 1 heterocycles. The fourth-order valence-electron chi connectivity index (χ4n) is 2.16. The summed E-state index contributed by atoms with van der Waals surface area (Å²) in [6.07, 6.45) is 3.39. The number of para-hydroxylation sites is 1. The van der Waals surface area contributed by atoms with Gasteiger partial charge < -0.3 is 9.67 Å². The number of halogens is 1. The topological polar surface area (TPSA) is 59.3 Å². The van der Waals surface area contributed by atoms with Gasteiger partial charge in [-0.1, -0.05) is 17.7 Å². The number of pyridine rings is 1. The van der Waals surface area contributed by atoms with Crippen molar-refractivity contribution < 1.29 is 9.90 Å². The molecule has 0 saturated heterocycles. The number of carboxylic acid groups (broad SMARTS) is 1. The third kappa shape index (κ3) is 1.61. The maximum atomic E-state index is 12.1. The lowest BCUT2D eigenvalue weighted by Gasteiger charge is -2.12. The number of rotatable bonds is 2. The molecule has 0 radical (unpaired) electrons. The monoisotopic (exact) mass is 263 g/mol. The van der Waals surface area contributed by atoms with Crippen LogP contribution >= 0.6 is 11.6 Å². The van der Waals surface area contributed by atoms with Crippen LogP contribution in [0, 0.1) is 0 Å². The van der Waals surface area contributed by atoms with E-state index >= 15 is 0 Å². The van der Waals surface area contributed by atoms with Crippen molar-refractivity contribution in [1.29, 1.82) is 0 Å². The molecule has 4 nitrogen and oxygen atoms in total. The number of hydrogen-bond donors (Lipinski definition) is 1. The van der Waals surface area contributed by atoms with Gasteiger partial charge in [-0.05, 0) is 25.0 Å². The number of carboxylic acids is 1. The van der Waals surface area contributed by atoms with E-state index in [1.807, 2.05) is 4.57 Å². The highest BCUT2D eigenvalue weighted by Crippen LogP contribution is 2.38. The van der Waals surface area contributed by atoms with Crippen molar-refractivity contribution in [2.75, 3.05) is 0 Å². The van der Waals surface area contributed by atoms with Crippen molar-refractivity contribution in [2.45, 2.75) is 18.9 Å². The van der Waals surface area contributed by atoms with E-state index in [4.69, 9.17) is 16.7 Å². The molecule has 5 heteroatoms. The summed E-state index contributed by atoms with van der Waals surface area (Å²) in [4.78, 5) is 23.2. The molecule has 0 spiro atoms. The molecule has 92 valence electrons. The SMILES string of the molecule is O=C(O)c1cn(C2CC2)c2c(Cl)cccc2c1=O. The second kappa shape index (κ2) is 3.85. The van der Waals surface area contributed by atoms with E-state index in [1.165, 1.54) is 6.20 Å². The lowest BCUT2D eigenvalue weighted by atomic mass is 10.1. The van der Waals surface area contributed by atoms with E-state index in [-0.39, 0.29) is 11.6 Å². The molecule has 1 aromatic carbocycles. The van der Waals surface area contributed by atoms with Gasteiger partial charge in [-0.2, -0.15) is 0 Å². The number of carbonyl (C=O) groups is 1.